The molecule has 14 heavy (non-hydrogen) atoms. The molecule has 0 amide bonds. The Morgan fingerprint density at radius 2 is 1.93 bits per heavy atom. The van der Waals surface area contributed by atoms with Gasteiger partial charge in [-0.25, -0.2) is 4.98 Å². The van der Waals surface area contributed by atoms with Crippen LogP contribution in [0.5, 0.6) is 0 Å². The minimum Gasteiger partial charge on any atom is -0.257 e. The molecular weight excluding hydrogens is 240 g/mol. The third-order valence-corrected chi connectivity index (χ3v) is 3.31. The van der Waals surface area contributed by atoms with Crippen molar-refractivity contribution in [3.05, 3.63) is 22.7 Å². The molecule has 0 bridgehead atoms. The second kappa shape index (κ2) is 4.87. The van der Waals surface area contributed by atoms with Crippen molar-refractivity contribution in [2.75, 3.05) is 0 Å². The lowest BCUT2D eigenvalue weighted by Crippen LogP contribution is -2.10. The van der Waals surface area contributed by atoms with Gasteiger partial charge >= 0.3 is 0 Å². The van der Waals surface area contributed by atoms with Crippen molar-refractivity contribution in [3.8, 4) is 0 Å². The second-order valence-corrected chi connectivity index (χ2v) is 4.85. The number of aromatic nitrogens is 2. The van der Waals surface area contributed by atoms with Gasteiger partial charge in [-0.1, -0.05) is 32.1 Å². The van der Waals surface area contributed by atoms with Gasteiger partial charge in [0, 0.05) is 6.20 Å². The van der Waals surface area contributed by atoms with E-state index in [9.17, 15) is 0 Å². The van der Waals surface area contributed by atoms with Gasteiger partial charge in [-0.15, -0.1) is 0 Å². The third-order valence-electron chi connectivity index (χ3n) is 2.90. The molecule has 0 atom stereocenters. The summed E-state index contributed by atoms with van der Waals surface area (Å²) in [7, 11) is 0. The molecule has 0 spiro atoms. The molecular formula is C11H15BrN2. The Labute approximate surface area is 93.3 Å². The molecule has 3 heteroatoms. The number of rotatable bonds is 2. The minimum absolute atomic E-state index is 0.824. The van der Waals surface area contributed by atoms with Gasteiger partial charge in [-0.3, -0.25) is 4.98 Å². The van der Waals surface area contributed by atoms with Gasteiger partial charge in [-0.2, -0.15) is 0 Å². The number of nitrogens with zero attached hydrogens (tertiary/aromatic N) is 2. The van der Waals surface area contributed by atoms with Crippen LogP contribution in [0.3, 0.4) is 0 Å². The quantitative estimate of drug-likeness (QED) is 0.809. The average molecular weight is 255 g/mol. The van der Waals surface area contributed by atoms with Crippen molar-refractivity contribution in [3.63, 3.8) is 0 Å². The van der Waals surface area contributed by atoms with Gasteiger partial charge in [-0.05, 0) is 28.3 Å². The standard InChI is InChI=1S/C11H15BrN2/c12-11-8-13-10(7-14-11)6-9-4-2-1-3-5-9/h7-9H,1-6H2. The molecule has 0 N–H and O–H groups in total. The van der Waals surface area contributed by atoms with Crippen molar-refractivity contribution in [1.82, 2.24) is 9.97 Å². The molecule has 0 aliphatic heterocycles. The summed E-state index contributed by atoms with van der Waals surface area (Å²) in [5.41, 5.74) is 1.14. The fraction of sp³-hybridized carbons (Fsp3) is 0.636. The van der Waals surface area contributed by atoms with Gasteiger partial charge < -0.3 is 0 Å². The Kier molecular flexibility index (Phi) is 3.51. The molecule has 0 aromatic carbocycles. The first-order chi connectivity index (χ1) is 6.84. The highest BCUT2D eigenvalue weighted by Crippen LogP contribution is 2.26. The molecule has 1 aromatic heterocycles. The van der Waals surface area contributed by atoms with Crippen LogP contribution >= 0.6 is 15.9 Å². The van der Waals surface area contributed by atoms with E-state index in [0.717, 1.165) is 22.6 Å². The van der Waals surface area contributed by atoms with Crippen molar-refractivity contribution >= 4 is 15.9 Å². The molecule has 0 saturated heterocycles. The predicted octanol–water partition coefficient (Wildman–Crippen LogP) is 3.36. The van der Waals surface area contributed by atoms with E-state index in [1.807, 2.05) is 6.20 Å². The van der Waals surface area contributed by atoms with Gasteiger partial charge in [0.25, 0.3) is 0 Å². The average Bonchev–Trinajstić information content (AvgIpc) is 2.23. The smallest absolute Gasteiger partial charge is 0.124 e. The molecule has 0 unspecified atom stereocenters. The SMILES string of the molecule is Brc1cnc(CC2CCCCC2)cn1. The predicted molar refractivity (Wildman–Crippen MR) is 60.0 cm³/mol. The van der Waals surface area contributed by atoms with Crippen molar-refractivity contribution in [1.29, 1.82) is 0 Å². The molecule has 1 heterocycles. The first-order valence-corrected chi connectivity index (χ1v) is 6.10. The molecule has 1 aliphatic rings. The lowest BCUT2D eigenvalue weighted by atomic mass is 9.86. The Balaban J connectivity index is 1.92. The molecule has 0 radical (unpaired) electrons. The Bertz CT molecular complexity index is 278. The Morgan fingerprint density at radius 1 is 1.14 bits per heavy atom. The Morgan fingerprint density at radius 3 is 2.57 bits per heavy atom. The van der Waals surface area contributed by atoms with Crippen LogP contribution in [0.15, 0.2) is 17.0 Å². The number of hydrogen-bond donors (Lipinski definition) is 0. The first kappa shape index (κ1) is 10.1. The van der Waals surface area contributed by atoms with E-state index in [4.69, 9.17) is 0 Å². The highest BCUT2D eigenvalue weighted by Gasteiger charge is 2.14. The summed E-state index contributed by atoms with van der Waals surface area (Å²) in [5.74, 6) is 0.847. The van der Waals surface area contributed by atoms with Gasteiger partial charge in [0.15, 0.2) is 0 Å². The second-order valence-electron chi connectivity index (χ2n) is 4.04. The molecule has 1 saturated carbocycles. The molecule has 2 nitrogen and oxygen atoms in total. The summed E-state index contributed by atoms with van der Waals surface area (Å²) in [6, 6.07) is 0. The van der Waals surface area contributed by atoms with Crippen molar-refractivity contribution < 1.29 is 0 Å². The maximum atomic E-state index is 4.36. The fourth-order valence-corrected chi connectivity index (χ4v) is 2.34. The molecule has 1 aliphatic carbocycles. The number of halogens is 1. The third kappa shape index (κ3) is 2.77. The normalized spacial score (nSPS) is 18.4. The first-order valence-electron chi connectivity index (χ1n) is 5.31. The monoisotopic (exact) mass is 254 g/mol. The van der Waals surface area contributed by atoms with E-state index in [1.165, 1.54) is 32.1 Å². The lowest BCUT2D eigenvalue weighted by molar-refractivity contribution is 0.354. The summed E-state index contributed by atoms with van der Waals surface area (Å²) >= 11 is 3.30. The summed E-state index contributed by atoms with van der Waals surface area (Å²) in [4.78, 5) is 8.56. The van der Waals surface area contributed by atoms with E-state index in [-0.39, 0.29) is 0 Å². The Hall–Kier alpha value is -0.440. The maximum absolute atomic E-state index is 4.36. The summed E-state index contributed by atoms with van der Waals surface area (Å²) in [5, 5.41) is 0. The van der Waals surface area contributed by atoms with Crippen LogP contribution in [0.4, 0.5) is 0 Å². The summed E-state index contributed by atoms with van der Waals surface area (Å²) in [6.45, 7) is 0. The largest absolute Gasteiger partial charge is 0.257 e. The highest BCUT2D eigenvalue weighted by atomic mass is 79.9. The van der Waals surface area contributed by atoms with Crippen LogP contribution in [-0.4, -0.2) is 9.97 Å². The molecule has 2 rings (SSSR count). The van der Waals surface area contributed by atoms with E-state index >= 15 is 0 Å². The fourth-order valence-electron chi connectivity index (χ4n) is 2.13. The molecule has 76 valence electrons. The minimum atomic E-state index is 0.824. The van der Waals surface area contributed by atoms with Crippen LogP contribution < -0.4 is 0 Å². The van der Waals surface area contributed by atoms with E-state index < -0.39 is 0 Å². The highest BCUT2D eigenvalue weighted by molar-refractivity contribution is 9.10. The zero-order chi connectivity index (χ0) is 9.80. The van der Waals surface area contributed by atoms with Crippen LogP contribution in [0, 0.1) is 5.92 Å². The van der Waals surface area contributed by atoms with Crippen molar-refractivity contribution in [2.45, 2.75) is 38.5 Å². The van der Waals surface area contributed by atoms with E-state index in [1.54, 1.807) is 6.20 Å². The number of hydrogen-bond acceptors (Lipinski definition) is 2. The van der Waals surface area contributed by atoms with E-state index in [0.29, 0.717) is 0 Å². The van der Waals surface area contributed by atoms with E-state index in [2.05, 4.69) is 25.9 Å². The maximum Gasteiger partial charge on any atom is 0.124 e. The van der Waals surface area contributed by atoms with Crippen LogP contribution in [0.25, 0.3) is 0 Å². The van der Waals surface area contributed by atoms with Gasteiger partial charge in [0.1, 0.15) is 4.60 Å². The van der Waals surface area contributed by atoms with Crippen LogP contribution in [0.2, 0.25) is 0 Å². The zero-order valence-corrected chi connectivity index (χ0v) is 9.83. The molecule has 1 aromatic rings. The van der Waals surface area contributed by atoms with Crippen LogP contribution in [-0.2, 0) is 6.42 Å². The zero-order valence-electron chi connectivity index (χ0n) is 8.25. The summed E-state index contributed by atoms with van der Waals surface area (Å²) < 4.78 is 0.824. The van der Waals surface area contributed by atoms with Gasteiger partial charge in [0.05, 0.1) is 11.9 Å². The summed E-state index contributed by atoms with van der Waals surface area (Å²) in [6.07, 6.45) is 11.7. The van der Waals surface area contributed by atoms with Crippen molar-refractivity contribution in [2.24, 2.45) is 5.92 Å². The lowest BCUT2D eigenvalue weighted by Gasteiger charge is -2.20. The molecule has 1 fully saturated rings. The topological polar surface area (TPSA) is 25.8 Å². The van der Waals surface area contributed by atoms with Gasteiger partial charge in [0.2, 0.25) is 0 Å². The van der Waals surface area contributed by atoms with Crippen LogP contribution in [0.1, 0.15) is 37.8 Å².